The third-order valence-corrected chi connectivity index (χ3v) is 3.75. The maximum Gasteiger partial charge on any atom is 0.151 e. The second-order valence-corrected chi connectivity index (χ2v) is 5.27. The first kappa shape index (κ1) is 13.5. The van der Waals surface area contributed by atoms with Crippen LogP contribution in [0.3, 0.4) is 0 Å². The summed E-state index contributed by atoms with van der Waals surface area (Å²) in [5, 5.41) is 0. The molecule has 0 unspecified atom stereocenters. The Hall–Kier alpha value is -1.46. The fourth-order valence-corrected chi connectivity index (χ4v) is 2.86. The number of aromatic amines is 1. The van der Waals surface area contributed by atoms with Crippen LogP contribution in [-0.4, -0.2) is 40.7 Å². The molecule has 0 bridgehead atoms. The van der Waals surface area contributed by atoms with E-state index >= 15 is 0 Å². The molecule has 1 N–H and O–H groups in total. The lowest BCUT2D eigenvalue weighted by Gasteiger charge is -2.31. The van der Waals surface area contributed by atoms with Gasteiger partial charge in [-0.2, -0.15) is 0 Å². The zero-order valence-electron chi connectivity index (χ0n) is 11.7. The minimum absolute atomic E-state index is 0.268. The van der Waals surface area contributed by atoms with Gasteiger partial charge in [0, 0.05) is 13.2 Å². The average Bonchev–Trinajstić information content (AvgIpc) is 2.83. The highest BCUT2D eigenvalue weighted by molar-refractivity contribution is 5.75. The average molecular weight is 277 g/mol. The van der Waals surface area contributed by atoms with Gasteiger partial charge in [-0.3, -0.25) is 4.90 Å². The zero-order valence-corrected chi connectivity index (χ0v) is 11.7. The molecule has 0 amide bonds. The SMILES string of the molecule is CCO[C@H]1CCCN(Cc2nc3c(F)cccc3[nH]2)C1. The second kappa shape index (κ2) is 5.89. The number of halogens is 1. The third kappa shape index (κ3) is 2.83. The molecule has 0 saturated carbocycles. The lowest BCUT2D eigenvalue weighted by Crippen LogP contribution is -2.39. The predicted octanol–water partition coefficient (Wildman–Crippen LogP) is 2.70. The fourth-order valence-electron chi connectivity index (χ4n) is 2.86. The largest absolute Gasteiger partial charge is 0.377 e. The summed E-state index contributed by atoms with van der Waals surface area (Å²) in [7, 11) is 0. The molecule has 0 radical (unpaired) electrons. The summed E-state index contributed by atoms with van der Waals surface area (Å²) in [5.41, 5.74) is 1.19. The van der Waals surface area contributed by atoms with E-state index in [0.717, 1.165) is 50.4 Å². The number of ether oxygens (including phenoxy) is 1. The number of benzene rings is 1. The second-order valence-electron chi connectivity index (χ2n) is 5.27. The van der Waals surface area contributed by atoms with E-state index in [1.165, 1.54) is 6.07 Å². The van der Waals surface area contributed by atoms with E-state index in [2.05, 4.69) is 14.9 Å². The fraction of sp³-hybridized carbons (Fsp3) is 0.533. The molecule has 20 heavy (non-hydrogen) atoms. The Balaban J connectivity index is 1.71. The molecule has 0 aliphatic carbocycles. The number of hydrogen-bond donors (Lipinski definition) is 1. The Morgan fingerprint density at radius 2 is 2.40 bits per heavy atom. The first-order valence-corrected chi connectivity index (χ1v) is 7.23. The summed E-state index contributed by atoms with van der Waals surface area (Å²) in [5.74, 6) is 0.554. The van der Waals surface area contributed by atoms with Crippen molar-refractivity contribution in [2.75, 3.05) is 19.7 Å². The van der Waals surface area contributed by atoms with E-state index in [4.69, 9.17) is 4.74 Å². The number of aromatic nitrogens is 2. The van der Waals surface area contributed by atoms with Crippen LogP contribution in [0.25, 0.3) is 11.0 Å². The number of imidazole rings is 1. The van der Waals surface area contributed by atoms with Crippen molar-refractivity contribution in [3.63, 3.8) is 0 Å². The summed E-state index contributed by atoms with van der Waals surface area (Å²) in [6, 6.07) is 5.00. The molecule has 1 aliphatic rings. The van der Waals surface area contributed by atoms with E-state index in [9.17, 15) is 4.39 Å². The van der Waals surface area contributed by atoms with Crippen LogP contribution in [0.1, 0.15) is 25.6 Å². The number of nitrogens with one attached hydrogen (secondary N) is 1. The Kier molecular flexibility index (Phi) is 3.98. The van der Waals surface area contributed by atoms with E-state index in [0.29, 0.717) is 11.6 Å². The van der Waals surface area contributed by atoms with Crippen LogP contribution in [-0.2, 0) is 11.3 Å². The maximum atomic E-state index is 13.6. The van der Waals surface area contributed by atoms with Crippen molar-refractivity contribution in [3.8, 4) is 0 Å². The van der Waals surface area contributed by atoms with E-state index < -0.39 is 0 Å². The minimum atomic E-state index is -0.268. The zero-order chi connectivity index (χ0) is 13.9. The van der Waals surface area contributed by atoms with Crippen molar-refractivity contribution in [3.05, 3.63) is 29.8 Å². The molecule has 1 fully saturated rings. The molecular formula is C15H20FN3O. The molecular weight excluding hydrogens is 257 g/mol. The van der Waals surface area contributed by atoms with Gasteiger partial charge in [-0.05, 0) is 38.4 Å². The van der Waals surface area contributed by atoms with Crippen molar-refractivity contribution in [1.82, 2.24) is 14.9 Å². The molecule has 1 aliphatic heterocycles. The van der Waals surface area contributed by atoms with E-state index in [1.807, 2.05) is 13.0 Å². The van der Waals surface area contributed by atoms with Crippen molar-refractivity contribution in [2.45, 2.75) is 32.4 Å². The molecule has 1 aromatic carbocycles. The van der Waals surface area contributed by atoms with Crippen LogP contribution in [0.5, 0.6) is 0 Å². The van der Waals surface area contributed by atoms with Crippen molar-refractivity contribution >= 4 is 11.0 Å². The first-order chi connectivity index (χ1) is 9.76. The Labute approximate surface area is 117 Å². The van der Waals surface area contributed by atoms with Gasteiger partial charge in [-0.15, -0.1) is 0 Å². The third-order valence-electron chi connectivity index (χ3n) is 3.75. The van der Waals surface area contributed by atoms with Crippen molar-refractivity contribution in [2.24, 2.45) is 0 Å². The molecule has 2 aromatic rings. The lowest BCUT2D eigenvalue weighted by molar-refractivity contribution is 0.00305. The van der Waals surface area contributed by atoms with Gasteiger partial charge in [-0.1, -0.05) is 6.07 Å². The molecule has 1 aromatic heterocycles. The first-order valence-electron chi connectivity index (χ1n) is 7.23. The molecule has 0 spiro atoms. The highest BCUT2D eigenvalue weighted by Gasteiger charge is 2.21. The van der Waals surface area contributed by atoms with Crippen LogP contribution in [0.4, 0.5) is 4.39 Å². The number of rotatable bonds is 4. The topological polar surface area (TPSA) is 41.1 Å². The highest BCUT2D eigenvalue weighted by atomic mass is 19.1. The monoisotopic (exact) mass is 277 g/mol. The number of likely N-dealkylation sites (tertiary alicyclic amines) is 1. The van der Waals surface area contributed by atoms with Crippen molar-refractivity contribution < 1.29 is 9.13 Å². The van der Waals surface area contributed by atoms with Crippen LogP contribution in [0.2, 0.25) is 0 Å². The van der Waals surface area contributed by atoms with Crippen LogP contribution in [0, 0.1) is 5.82 Å². The number of piperidine rings is 1. The molecule has 4 nitrogen and oxygen atoms in total. The van der Waals surface area contributed by atoms with Gasteiger partial charge in [-0.25, -0.2) is 9.37 Å². The predicted molar refractivity (Wildman–Crippen MR) is 76.0 cm³/mol. The summed E-state index contributed by atoms with van der Waals surface area (Å²) < 4.78 is 19.3. The summed E-state index contributed by atoms with van der Waals surface area (Å²) in [4.78, 5) is 9.88. The maximum absolute atomic E-state index is 13.6. The minimum Gasteiger partial charge on any atom is -0.377 e. The lowest BCUT2D eigenvalue weighted by atomic mass is 10.1. The van der Waals surface area contributed by atoms with Crippen LogP contribution < -0.4 is 0 Å². The smallest absolute Gasteiger partial charge is 0.151 e. The quantitative estimate of drug-likeness (QED) is 0.934. The number of fused-ring (bicyclic) bond motifs is 1. The van der Waals surface area contributed by atoms with Gasteiger partial charge in [0.1, 0.15) is 11.3 Å². The number of para-hydroxylation sites is 1. The molecule has 108 valence electrons. The molecule has 5 heteroatoms. The Bertz CT molecular complexity index is 582. The summed E-state index contributed by atoms with van der Waals surface area (Å²) in [6.07, 6.45) is 2.58. The van der Waals surface area contributed by atoms with E-state index in [-0.39, 0.29) is 5.82 Å². The number of hydrogen-bond acceptors (Lipinski definition) is 3. The Morgan fingerprint density at radius 3 is 3.20 bits per heavy atom. The van der Waals surface area contributed by atoms with Crippen LogP contribution in [0.15, 0.2) is 18.2 Å². The van der Waals surface area contributed by atoms with Gasteiger partial charge in [0.15, 0.2) is 5.82 Å². The van der Waals surface area contributed by atoms with Gasteiger partial charge < -0.3 is 9.72 Å². The highest BCUT2D eigenvalue weighted by Crippen LogP contribution is 2.18. The number of nitrogens with zero attached hydrogens (tertiary/aromatic N) is 2. The van der Waals surface area contributed by atoms with Crippen LogP contribution >= 0.6 is 0 Å². The van der Waals surface area contributed by atoms with Gasteiger partial charge in [0.25, 0.3) is 0 Å². The summed E-state index contributed by atoms with van der Waals surface area (Å²) >= 11 is 0. The van der Waals surface area contributed by atoms with E-state index in [1.54, 1.807) is 6.07 Å². The molecule has 1 saturated heterocycles. The molecule has 3 rings (SSSR count). The normalized spacial score (nSPS) is 20.6. The Morgan fingerprint density at radius 1 is 1.50 bits per heavy atom. The molecule has 1 atom stereocenters. The van der Waals surface area contributed by atoms with Crippen molar-refractivity contribution in [1.29, 1.82) is 0 Å². The standard InChI is InChI=1S/C15H20FN3O/c1-2-20-11-5-4-8-19(9-11)10-14-17-13-7-3-6-12(16)15(13)18-14/h3,6-7,11H,2,4-5,8-10H2,1H3,(H,17,18)/t11-/m0/s1. The summed E-state index contributed by atoms with van der Waals surface area (Å²) in [6.45, 7) is 5.48. The van der Waals surface area contributed by atoms with Gasteiger partial charge >= 0.3 is 0 Å². The van der Waals surface area contributed by atoms with Gasteiger partial charge in [0.2, 0.25) is 0 Å². The molecule has 2 heterocycles. The van der Waals surface area contributed by atoms with Gasteiger partial charge in [0.05, 0.1) is 18.2 Å². The number of H-pyrrole nitrogens is 1.